The van der Waals surface area contributed by atoms with Crippen molar-refractivity contribution in [1.29, 1.82) is 0 Å². The number of carbonyl (C=O) groups excluding carboxylic acids is 1. The zero-order chi connectivity index (χ0) is 24.2. The van der Waals surface area contributed by atoms with Crippen molar-refractivity contribution in [3.05, 3.63) is 60.0 Å². The molecule has 0 spiro atoms. The van der Waals surface area contributed by atoms with E-state index in [1.165, 1.54) is 11.8 Å². The highest BCUT2D eigenvalue weighted by Gasteiger charge is 2.16. The zero-order valence-corrected chi connectivity index (χ0v) is 19.3. The molecule has 9 heteroatoms. The van der Waals surface area contributed by atoms with Crippen LogP contribution in [0.2, 0.25) is 0 Å². The molecular formula is C25H27N5O4. The van der Waals surface area contributed by atoms with Gasteiger partial charge in [0, 0.05) is 48.1 Å². The summed E-state index contributed by atoms with van der Waals surface area (Å²) in [7, 11) is 5.09. The van der Waals surface area contributed by atoms with Crippen LogP contribution in [-0.4, -0.2) is 46.4 Å². The maximum Gasteiger partial charge on any atom is 0.271 e. The second kappa shape index (κ2) is 9.80. The van der Waals surface area contributed by atoms with E-state index in [0.717, 1.165) is 22.9 Å². The number of benzene rings is 2. The summed E-state index contributed by atoms with van der Waals surface area (Å²) in [6, 6.07) is 11.3. The Morgan fingerprint density at radius 3 is 2.65 bits per heavy atom. The highest BCUT2D eigenvalue weighted by molar-refractivity contribution is 5.96. The molecule has 4 aromatic rings. The highest BCUT2D eigenvalue weighted by Crippen LogP contribution is 2.32. The van der Waals surface area contributed by atoms with E-state index in [1.807, 2.05) is 25.2 Å². The van der Waals surface area contributed by atoms with Crippen LogP contribution in [0.5, 0.6) is 11.5 Å². The van der Waals surface area contributed by atoms with Crippen LogP contribution in [0.3, 0.4) is 0 Å². The molecule has 2 aromatic carbocycles. The number of aryl methyl sites for hydroxylation is 2. The first-order chi connectivity index (χ1) is 16.4. The van der Waals surface area contributed by atoms with Gasteiger partial charge in [0.05, 0.1) is 26.1 Å². The lowest BCUT2D eigenvalue weighted by molar-refractivity contribution is 0.0996. The molecule has 4 rings (SSSR count). The number of aliphatic hydroxyl groups excluding tert-OH is 1. The van der Waals surface area contributed by atoms with E-state index in [1.54, 1.807) is 32.4 Å². The minimum absolute atomic E-state index is 0.0322. The topological polar surface area (TPSA) is 125 Å². The Balaban J connectivity index is 1.73. The number of nitrogens with two attached hydrogens (primary N) is 1. The Hall–Kier alpha value is -4.11. The number of fused-ring (bicyclic) bond motifs is 1. The van der Waals surface area contributed by atoms with Crippen molar-refractivity contribution in [2.45, 2.75) is 12.8 Å². The second-order valence-electron chi connectivity index (χ2n) is 7.84. The summed E-state index contributed by atoms with van der Waals surface area (Å²) < 4.78 is 12.7. The number of primary amides is 1. The van der Waals surface area contributed by atoms with Crippen LogP contribution in [0.4, 0.5) is 11.5 Å². The average molecular weight is 462 g/mol. The second-order valence-corrected chi connectivity index (χ2v) is 7.84. The third-order valence-electron chi connectivity index (χ3n) is 5.63. The number of ether oxygens (including phenoxy) is 2. The van der Waals surface area contributed by atoms with E-state index < -0.39 is 5.91 Å². The predicted octanol–water partition coefficient (Wildman–Crippen LogP) is 3.42. The van der Waals surface area contributed by atoms with Crippen LogP contribution in [0.25, 0.3) is 22.2 Å². The summed E-state index contributed by atoms with van der Waals surface area (Å²) in [6.07, 6.45) is 5.14. The van der Waals surface area contributed by atoms with Crippen LogP contribution in [0.15, 0.2) is 48.8 Å². The zero-order valence-electron chi connectivity index (χ0n) is 19.3. The minimum atomic E-state index is -0.687. The van der Waals surface area contributed by atoms with E-state index in [9.17, 15) is 9.90 Å². The number of anilines is 2. The molecular weight excluding hydrogens is 434 g/mol. The Labute approximate surface area is 197 Å². The number of aliphatic hydroxyl groups is 1. The van der Waals surface area contributed by atoms with Gasteiger partial charge < -0.3 is 30.2 Å². The molecule has 34 heavy (non-hydrogen) atoms. The number of hydrogen-bond donors (Lipinski definition) is 3. The summed E-state index contributed by atoms with van der Waals surface area (Å²) in [5.41, 5.74) is 9.88. The molecule has 1 amide bonds. The largest absolute Gasteiger partial charge is 0.493 e. The van der Waals surface area contributed by atoms with Gasteiger partial charge in [-0.15, -0.1) is 0 Å². The molecule has 0 aliphatic rings. The molecule has 0 fully saturated rings. The van der Waals surface area contributed by atoms with Crippen molar-refractivity contribution in [3.63, 3.8) is 0 Å². The SMILES string of the molecule is COc1ccc(Nc2nc(-c3ccc4c(CCCO)cn(C)c4c3)cnc2C(N)=O)cc1OC. The molecule has 9 nitrogen and oxygen atoms in total. The molecule has 2 aromatic heterocycles. The number of hydrogen-bond acceptors (Lipinski definition) is 7. The lowest BCUT2D eigenvalue weighted by Crippen LogP contribution is -2.16. The van der Waals surface area contributed by atoms with Gasteiger partial charge in [-0.05, 0) is 36.6 Å². The van der Waals surface area contributed by atoms with Gasteiger partial charge in [0.1, 0.15) is 0 Å². The summed E-state index contributed by atoms with van der Waals surface area (Å²) in [4.78, 5) is 21.0. The number of nitrogens with one attached hydrogen (secondary N) is 1. The lowest BCUT2D eigenvalue weighted by Gasteiger charge is -2.13. The van der Waals surface area contributed by atoms with Gasteiger partial charge in [0.2, 0.25) is 0 Å². The molecule has 176 valence electrons. The van der Waals surface area contributed by atoms with Gasteiger partial charge in [-0.3, -0.25) is 4.79 Å². The van der Waals surface area contributed by atoms with Crippen molar-refractivity contribution in [2.75, 3.05) is 26.1 Å². The van der Waals surface area contributed by atoms with Crippen molar-refractivity contribution in [2.24, 2.45) is 12.8 Å². The molecule has 2 heterocycles. The van der Waals surface area contributed by atoms with Crippen molar-refractivity contribution in [3.8, 4) is 22.8 Å². The number of rotatable bonds is 9. The minimum Gasteiger partial charge on any atom is -0.493 e. The monoisotopic (exact) mass is 461 g/mol. The fourth-order valence-electron chi connectivity index (χ4n) is 3.94. The third kappa shape index (κ3) is 4.51. The van der Waals surface area contributed by atoms with Gasteiger partial charge in [-0.1, -0.05) is 12.1 Å². The maximum atomic E-state index is 12.0. The van der Waals surface area contributed by atoms with E-state index in [0.29, 0.717) is 29.3 Å². The summed E-state index contributed by atoms with van der Waals surface area (Å²) in [5.74, 6) is 0.668. The number of nitrogens with zero attached hydrogens (tertiary/aromatic N) is 3. The van der Waals surface area contributed by atoms with Gasteiger partial charge in [-0.2, -0.15) is 0 Å². The number of methoxy groups -OCH3 is 2. The molecule has 4 N–H and O–H groups in total. The molecule has 0 aliphatic heterocycles. The number of amides is 1. The average Bonchev–Trinajstić information content (AvgIpc) is 3.17. The van der Waals surface area contributed by atoms with Gasteiger partial charge in [0.25, 0.3) is 5.91 Å². The highest BCUT2D eigenvalue weighted by atomic mass is 16.5. The molecule has 0 saturated carbocycles. The fourth-order valence-corrected chi connectivity index (χ4v) is 3.94. The molecule has 0 bridgehead atoms. The van der Waals surface area contributed by atoms with Crippen molar-refractivity contribution in [1.82, 2.24) is 14.5 Å². The van der Waals surface area contributed by atoms with Crippen molar-refractivity contribution < 1.29 is 19.4 Å². The van der Waals surface area contributed by atoms with Crippen LogP contribution in [-0.2, 0) is 13.5 Å². The van der Waals surface area contributed by atoms with Gasteiger partial charge in [0.15, 0.2) is 23.0 Å². The Morgan fingerprint density at radius 1 is 1.15 bits per heavy atom. The third-order valence-corrected chi connectivity index (χ3v) is 5.63. The number of aromatic nitrogens is 3. The van der Waals surface area contributed by atoms with Crippen molar-refractivity contribution >= 4 is 28.3 Å². The summed E-state index contributed by atoms with van der Waals surface area (Å²) >= 11 is 0. The van der Waals surface area contributed by atoms with Crippen LogP contribution >= 0.6 is 0 Å². The molecule has 0 atom stereocenters. The lowest BCUT2D eigenvalue weighted by atomic mass is 10.1. The Morgan fingerprint density at radius 2 is 1.94 bits per heavy atom. The first-order valence-electron chi connectivity index (χ1n) is 10.8. The number of carbonyl (C=O) groups is 1. The van der Waals surface area contributed by atoms with E-state index in [2.05, 4.69) is 26.0 Å². The van der Waals surface area contributed by atoms with Crippen LogP contribution in [0.1, 0.15) is 22.5 Å². The van der Waals surface area contributed by atoms with Crippen LogP contribution in [0, 0.1) is 0 Å². The Bertz CT molecular complexity index is 1350. The first-order valence-corrected chi connectivity index (χ1v) is 10.8. The standard InChI is InChI=1S/C25H27N5O4/c1-30-14-16(5-4-10-31)18-8-6-15(11-20(18)30)19-13-27-23(24(26)32)25(29-19)28-17-7-9-21(33-2)22(12-17)34-3/h6-9,11-14,31H,4-5,10H2,1-3H3,(H2,26,32)(H,28,29). The van der Waals surface area contributed by atoms with Gasteiger partial charge >= 0.3 is 0 Å². The maximum absolute atomic E-state index is 12.0. The Kier molecular flexibility index (Phi) is 6.65. The van der Waals surface area contributed by atoms with E-state index >= 15 is 0 Å². The quantitative estimate of drug-likeness (QED) is 0.349. The predicted molar refractivity (Wildman–Crippen MR) is 131 cm³/mol. The molecule has 0 aliphatic carbocycles. The normalized spacial score (nSPS) is 10.9. The smallest absolute Gasteiger partial charge is 0.271 e. The van der Waals surface area contributed by atoms with Crippen LogP contribution < -0.4 is 20.5 Å². The van der Waals surface area contributed by atoms with Gasteiger partial charge in [-0.25, -0.2) is 9.97 Å². The van der Waals surface area contributed by atoms with E-state index in [-0.39, 0.29) is 18.1 Å². The molecule has 0 radical (unpaired) electrons. The molecule has 0 saturated heterocycles. The summed E-state index contributed by atoms with van der Waals surface area (Å²) in [5, 5.41) is 13.4. The first kappa shape index (κ1) is 23.1. The molecule has 0 unspecified atom stereocenters. The summed E-state index contributed by atoms with van der Waals surface area (Å²) in [6.45, 7) is 0.159. The van der Waals surface area contributed by atoms with E-state index in [4.69, 9.17) is 15.2 Å². The fraction of sp³-hybridized carbons (Fsp3) is 0.240.